The largest absolute Gasteiger partial charge is 0.480 e. The van der Waals surface area contributed by atoms with Crippen LogP contribution in [0.1, 0.15) is 15.9 Å². The summed E-state index contributed by atoms with van der Waals surface area (Å²) in [4.78, 5) is 21.6. The lowest BCUT2D eigenvalue weighted by molar-refractivity contribution is 0.0696. The summed E-state index contributed by atoms with van der Waals surface area (Å²) in [7, 11) is 1.38. The number of carboxylic acids is 1. The summed E-state index contributed by atoms with van der Waals surface area (Å²) < 4.78 is 10.2. The molecule has 6 nitrogen and oxygen atoms in total. The summed E-state index contributed by atoms with van der Waals surface area (Å²) in [6.07, 6.45) is 0. The van der Waals surface area contributed by atoms with Crippen LogP contribution >= 0.6 is 0 Å². The number of hydrogen-bond acceptors (Lipinski definition) is 5. The molecule has 0 fully saturated rings. The molecule has 0 aromatic heterocycles. The smallest absolute Gasteiger partial charge is 0.336 e. The monoisotopic (exact) mass is 247 g/mol. The minimum atomic E-state index is -1.10. The zero-order valence-electron chi connectivity index (χ0n) is 9.39. The Balaban J connectivity index is 2.55. The third kappa shape index (κ3) is 1.92. The third-order valence-corrected chi connectivity index (χ3v) is 2.34. The first kappa shape index (κ1) is 11.8. The van der Waals surface area contributed by atoms with Crippen LogP contribution in [0.2, 0.25) is 0 Å². The fraction of sp³-hybridized carbons (Fsp3) is 0.0833. The summed E-state index contributed by atoms with van der Waals surface area (Å²) >= 11 is 0. The lowest BCUT2D eigenvalue weighted by atomic mass is 10.1. The van der Waals surface area contributed by atoms with Crippen molar-refractivity contribution in [1.82, 2.24) is 5.32 Å². The van der Waals surface area contributed by atoms with Gasteiger partial charge in [0.1, 0.15) is 0 Å². The van der Waals surface area contributed by atoms with E-state index in [0.717, 1.165) is 0 Å². The number of nitrogens with one attached hydrogen (secondary N) is 1. The Morgan fingerprint density at radius 3 is 2.78 bits per heavy atom. The molecule has 1 aromatic rings. The van der Waals surface area contributed by atoms with E-state index in [1.165, 1.54) is 13.2 Å². The number of aromatic carboxylic acids is 1. The molecular weight excluding hydrogens is 238 g/mol. The van der Waals surface area contributed by atoms with Crippen LogP contribution in [-0.4, -0.2) is 24.1 Å². The molecule has 1 aliphatic rings. The molecule has 1 heterocycles. The van der Waals surface area contributed by atoms with Gasteiger partial charge in [0.15, 0.2) is 11.7 Å². The van der Waals surface area contributed by atoms with Crippen LogP contribution in [-0.2, 0) is 14.3 Å². The van der Waals surface area contributed by atoms with Gasteiger partial charge in [0.25, 0.3) is 5.88 Å². The van der Waals surface area contributed by atoms with E-state index < -0.39 is 5.97 Å². The summed E-state index contributed by atoms with van der Waals surface area (Å²) in [6, 6.07) is 6.25. The molecule has 18 heavy (non-hydrogen) atoms. The van der Waals surface area contributed by atoms with Gasteiger partial charge in [-0.3, -0.25) is 5.32 Å². The second kappa shape index (κ2) is 4.65. The van der Waals surface area contributed by atoms with Gasteiger partial charge in [-0.05, 0) is 6.07 Å². The number of rotatable bonds is 3. The SMILES string of the molecule is COC1=C(c2ccccc2C(=O)O)OC(=C=O)N1. The molecule has 6 heteroatoms. The predicted octanol–water partition coefficient (Wildman–Crippen LogP) is 0.950. The van der Waals surface area contributed by atoms with Crippen molar-refractivity contribution in [3.05, 3.63) is 47.2 Å². The van der Waals surface area contributed by atoms with E-state index in [1.54, 1.807) is 24.1 Å². The Bertz CT molecular complexity index is 584. The Kier molecular flexibility index (Phi) is 3.03. The zero-order valence-corrected chi connectivity index (χ0v) is 9.39. The molecular formula is C12H9NO5. The van der Waals surface area contributed by atoms with Crippen LogP contribution in [0, 0.1) is 0 Å². The molecule has 0 amide bonds. The van der Waals surface area contributed by atoms with Gasteiger partial charge >= 0.3 is 5.97 Å². The fourth-order valence-corrected chi connectivity index (χ4v) is 1.57. The molecule has 2 N–H and O–H groups in total. The zero-order chi connectivity index (χ0) is 13.1. The maximum atomic E-state index is 11.1. The maximum Gasteiger partial charge on any atom is 0.336 e. The molecule has 0 aliphatic carbocycles. The van der Waals surface area contributed by atoms with E-state index >= 15 is 0 Å². The molecule has 1 aliphatic heterocycles. The highest BCUT2D eigenvalue weighted by molar-refractivity contribution is 5.94. The van der Waals surface area contributed by atoms with Gasteiger partial charge in [0.05, 0.1) is 12.7 Å². The molecule has 0 radical (unpaired) electrons. The van der Waals surface area contributed by atoms with Gasteiger partial charge in [-0.25, -0.2) is 9.59 Å². The topological polar surface area (TPSA) is 84.9 Å². The van der Waals surface area contributed by atoms with Gasteiger partial charge in [0, 0.05) is 5.56 Å². The molecule has 0 atom stereocenters. The molecule has 2 rings (SSSR count). The Morgan fingerprint density at radius 1 is 1.44 bits per heavy atom. The second-order valence-corrected chi connectivity index (χ2v) is 3.37. The maximum absolute atomic E-state index is 11.1. The molecule has 1 aromatic carbocycles. The normalized spacial score (nSPS) is 13.7. The number of ether oxygens (including phenoxy) is 2. The Morgan fingerprint density at radius 2 is 2.17 bits per heavy atom. The van der Waals surface area contributed by atoms with Crippen molar-refractivity contribution in [3.8, 4) is 0 Å². The van der Waals surface area contributed by atoms with Crippen LogP contribution in [0.5, 0.6) is 0 Å². The van der Waals surface area contributed by atoms with Gasteiger partial charge in [-0.2, -0.15) is 0 Å². The molecule has 92 valence electrons. The first-order valence-electron chi connectivity index (χ1n) is 4.98. The van der Waals surface area contributed by atoms with Gasteiger partial charge in [-0.15, -0.1) is 0 Å². The lowest BCUT2D eigenvalue weighted by Gasteiger charge is -2.06. The second-order valence-electron chi connectivity index (χ2n) is 3.37. The van der Waals surface area contributed by atoms with Gasteiger partial charge in [0.2, 0.25) is 5.88 Å². The van der Waals surface area contributed by atoms with E-state index in [9.17, 15) is 9.59 Å². The summed E-state index contributed by atoms with van der Waals surface area (Å²) in [6.45, 7) is 0. The summed E-state index contributed by atoms with van der Waals surface area (Å²) in [5, 5.41) is 11.6. The van der Waals surface area contributed by atoms with Crippen LogP contribution in [0.15, 0.2) is 36.0 Å². The molecule has 0 bridgehead atoms. The Labute approximate surface area is 102 Å². The van der Waals surface area contributed by atoms with Crippen molar-refractivity contribution in [2.75, 3.05) is 7.11 Å². The van der Waals surface area contributed by atoms with Crippen molar-refractivity contribution in [2.24, 2.45) is 0 Å². The number of carboxylic acid groups (broad SMARTS) is 1. The average molecular weight is 247 g/mol. The third-order valence-electron chi connectivity index (χ3n) is 2.34. The fourth-order valence-electron chi connectivity index (χ4n) is 1.57. The number of carbonyl (C=O) groups excluding carboxylic acids is 1. The summed E-state index contributed by atoms with van der Waals surface area (Å²) in [5.74, 6) is 0.595. The minimum absolute atomic E-state index is 0.0519. The van der Waals surface area contributed by atoms with Crippen LogP contribution in [0.25, 0.3) is 5.76 Å². The number of carbonyl (C=O) groups is 1. The van der Waals surface area contributed by atoms with E-state index in [4.69, 9.17) is 14.6 Å². The summed E-state index contributed by atoms with van der Waals surface area (Å²) in [5.41, 5.74) is 0.371. The van der Waals surface area contributed by atoms with Gasteiger partial charge in [-0.1, -0.05) is 18.2 Å². The first-order valence-corrected chi connectivity index (χ1v) is 4.98. The number of hydrogen-bond donors (Lipinski definition) is 2. The molecule has 0 spiro atoms. The minimum Gasteiger partial charge on any atom is -0.480 e. The van der Waals surface area contributed by atoms with Crippen molar-refractivity contribution in [2.45, 2.75) is 0 Å². The van der Waals surface area contributed by atoms with Crippen molar-refractivity contribution in [1.29, 1.82) is 0 Å². The number of benzene rings is 1. The molecule has 0 unspecified atom stereocenters. The lowest BCUT2D eigenvalue weighted by Crippen LogP contribution is -2.08. The van der Waals surface area contributed by atoms with Gasteiger partial charge < -0.3 is 14.6 Å². The highest BCUT2D eigenvalue weighted by atomic mass is 16.6. The Hall–Kier alpha value is -2.72. The average Bonchev–Trinajstić information content (AvgIpc) is 2.81. The van der Waals surface area contributed by atoms with E-state index in [-0.39, 0.29) is 23.1 Å². The highest BCUT2D eigenvalue weighted by Crippen LogP contribution is 2.29. The van der Waals surface area contributed by atoms with E-state index in [1.807, 2.05) is 0 Å². The van der Waals surface area contributed by atoms with Crippen LogP contribution in [0.3, 0.4) is 0 Å². The molecule has 0 saturated carbocycles. The number of methoxy groups -OCH3 is 1. The van der Waals surface area contributed by atoms with Crippen LogP contribution in [0.4, 0.5) is 0 Å². The molecule has 0 saturated heterocycles. The predicted molar refractivity (Wildman–Crippen MR) is 60.8 cm³/mol. The van der Waals surface area contributed by atoms with Crippen molar-refractivity contribution in [3.63, 3.8) is 0 Å². The highest BCUT2D eigenvalue weighted by Gasteiger charge is 2.27. The quantitative estimate of drug-likeness (QED) is 0.773. The standard InChI is InChI=1S/C12H9NO5/c1-17-11-10(18-9(6-14)13-11)7-4-2-3-5-8(7)12(15)16/h2-5,13H,1H3,(H,15,16). The van der Waals surface area contributed by atoms with E-state index in [2.05, 4.69) is 5.32 Å². The van der Waals surface area contributed by atoms with E-state index in [0.29, 0.717) is 5.56 Å². The van der Waals surface area contributed by atoms with Crippen molar-refractivity contribution < 1.29 is 24.2 Å². The van der Waals surface area contributed by atoms with Crippen molar-refractivity contribution >= 4 is 17.7 Å². The van der Waals surface area contributed by atoms with Crippen LogP contribution < -0.4 is 5.32 Å². The first-order chi connectivity index (χ1) is 8.67.